The fraction of sp³-hybridized carbons (Fsp3) is 0.174. The molecule has 8 heteroatoms. The Kier molecular flexibility index (Phi) is 5.73. The maximum absolute atomic E-state index is 13.2. The van der Waals surface area contributed by atoms with Crippen molar-refractivity contribution < 1.29 is 9.53 Å². The first-order chi connectivity index (χ1) is 15.0. The lowest BCUT2D eigenvalue weighted by Crippen LogP contribution is -2.41. The molecule has 4 rings (SSSR count). The quantitative estimate of drug-likeness (QED) is 0.504. The highest BCUT2D eigenvalue weighted by Gasteiger charge is 2.17. The van der Waals surface area contributed by atoms with E-state index in [-0.39, 0.29) is 24.6 Å². The lowest BCUT2D eigenvalue weighted by Gasteiger charge is -2.13. The molecule has 158 valence electrons. The van der Waals surface area contributed by atoms with Gasteiger partial charge in [0.15, 0.2) is 0 Å². The molecule has 2 heterocycles. The van der Waals surface area contributed by atoms with Crippen molar-refractivity contribution in [3.63, 3.8) is 0 Å². The van der Waals surface area contributed by atoms with E-state index >= 15 is 0 Å². The number of carbonyl (C=O) groups is 1. The Balaban J connectivity index is 1.70. The summed E-state index contributed by atoms with van der Waals surface area (Å²) in [6.45, 7) is 1.85. The average Bonchev–Trinajstić information content (AvgIpc) is 3.26. The Bertz CT molecular complexity index is 1370. The Hall–Kier alpha value is -3.65. The topological polar surface area (TPSA) is 82.3 Å². The lowest BCUT2D eigenvalue weighted by molar-refractivity contribution is -0.116. The van der Waals surface area contributed by atoms with Crippen LogP contribution < -0.4 is 21.3 Å². The predicted molar refractivity (Wildman–Crippen MR) is 122 cm³/mol. The summed E-state index contributed by atoms with van der Waals surface area (Å²) in [6.07, 6.45) is 0. The number of methoxy groups -OCH3 is 1. The zero-order valence-electron chi connectivity index (χ0n) is 17.1. The smallest absolute Gasteiger partial charge is 0.332 e. The second-order valence-corrected chi connectivity index (χ2v) is 8.08. The van der Waals surface area contributed by atoms with Crippen LogP contribution in [0.2, 0.25) is 0 Å². The molecule has 0 aliphatic rings. The summed E-state index contributed by atoms with van der Waals surface area (Å²) < 4.78 is 8.17. The van der Waals surface area contributed by atoms with Crippen LogP contribution in [0.15, 0.2) is 69.6 Å². The molecule has 31 heavy (non-hydrogen) atoms. The molecule has 0 radical (unpaired) electrons. The van der Waals surface area contributed by atoms with Crippen molar-refractivity contribution in [2.24, 2.45) is 0 Å². The monoisotopic (exact) mass is 435 g/mol. The third-order valence-electron chi connectivity index (χ3n) is 4.95. The normalized spacial score (nSPS) is 10.9. The first-order valence-corrected chi connectivity index (χ1v) is 10.5. The number of hydrogen-bond acceptors (Lipinski definition) is 5. The number of ether oxygens (including phenoxy) is 1. The zero-order valence-corrected chi connectivity index (χ0v) is 17.9. The highest BCUT2D eigenvalue weighted by molar-refractivity contribution is 7.17. The van der Waals surface area contributed by atoms with Gasteiger partial charge in [-0.2, -0.15) is 0 Å². The van der Waals surface area contributed by atoms with E-state index in [1.807, 2.05) is 25.1 Å². The van der Waals surface area contributed by atoms with Crippen molar-refractivity contribution in [1.82, 2.24) is 9.13 Å². The second-order valence-electron chi connectivity index (χ2n) is 7.16. The summed E-state index contributed by atoms with van der Waals surface area (Å²) in [5, 5.41) is 4.55. The fourth-order valence-electron chi connectivity index (χ4n) is 3.36. The number of aromatic nitrogens is 2. The summed E-state index contributed by atoms with van der Waals surface area (Å²) in [7, 11) is 1.56. The number of nitrogens with one attached hydrogen (secondary N) is 1. The zero-order chi connectivity index (χ0) is 22.0. The summed E-state index contributed by atoms with van der Waals surface area (Å²) in [5.74, 6) is 0.297. The van der Waals surface area contributed by atoms with Crippen molar-refractivity contribution in [2.45, 2.75) is 20.0 Å². The summed E-state index contributed by atoms with van der Waals surface area (Å²) in [6, 6.07) is 16.3. The van der Waals surface area contributed by atoms with Crippen molar-refractivity contribution in [2.75, 3.05) is 12.4 Å². The van der Waals surface area contributed by atoms with Gasteiger partial charge < -0.3 is 10.1 Å². The van der Waals surface area contributed by atoms with Crippen LogP contribution in [0.5, 0.6) is 5.75 Å². The van der Waals surface area contributed by atoms with E-state index in [2.05, 4.69) is 5.32 Å². The summed E-state index contributed by atoms with van der Waals surface area (Å²) >= 11 is 1.25. The number of aryl methyl sites for hydroxylation is 1. The van der Waals surface area contributed by atoms with Gasteiger partial charge in [-0.3, -0.25) is 18.7 Å². The van der Waals surface area contributed by atoms with Gasteiger partial charge in [-0.05, 0) is 48.2 Å². The van der Waals surface area contributed by atoms with E-state index in [9.17, 15) is 14.4 Å². The Morgan fingerprint density at radius 1 is 1.06 bits per heavy atom. The first-order valence-electron chi connectivity index (χ1n) is 9.66. The minimum Gasteiger partial charge on any atom is -0.497 e. The van der Waals surface area contributed by atoms with Gasteiger partial charge in [0.05, 0.1) is 19.2 Å². The van der Waals surface area contributed by atoms with E-state index in [1.165, 1.54) is 15.9 Å². The maximum atomic E-state index is 13.2. The molecule has 0 aliphatic carbocycles. The number of carbonyl (C=O) groups excluding carboxylic acids is 1. The maximum Gasteiger partial charge on any atom is 0.332 e. The molecule has 0 unspecified atom stereocenters. The largest absolute Gasteiger partial charge is 0.497 e. The van der Waals surface area contributed by atoms with Gasteiger partial charge in [0.25, 0.3) is 5.56 Å². The number of thiophene rings is 1. The van der Waals surface area contributed by atoms with Gasteiger partial charge in [-0.25, -0.2) is 4.79 Å². The average molecular weight is 436 g/mol. The molecule has 1 amide bonds. The second kappa shape index (κ2) is 8.61. The fourth-order valence-corrected chi connectivity index (χ4v) is 4.20. The van der Waals surface area contributed by atoms with Crippen molar-refractivity contribution in [1.29, 1.82) is 0 Å². The number of rotatable bonds is 6. The van der Waals surface area contributed by atoms with Crippen LogP contribution >= 0.6 is 11.3 Å². The number of benzene rings is 2. The van der Waals surface area contributed by atoms with Gasteiger partial charge in [0, 0.05) is 5.69 Å². The van der Waals surface area contributed by atoms with Crippen molar-refractivity contribution in [3.8, 4) is 5.75 Å². The van der Waals surface area contributed by atoms with Crippen LogP contribution in [0.4, 0.5) is 5.69 Å². The molecular weight excluding hydrogens is 414 g/mol. The van der Waals surface area contributed by atoms with Gasteiger partial charge >= 0.3 is 5.69 Å². The Morgan fingerprint density at radius 3 is 2.58 bits per heavy atom. The minimum atomic E-state index is -0.530. The SMILES string of the molecule is COc1cccc(Cn2c(=O)c3sccc3n(CC(=O)Nc3ccc(C)cc3)c2=O)c1. The predicted octanol–water partition coefficient (Wildman–Crippen LogP) is 3.23. The van der Waals surface area contributed by atoms with E-state index in [0.29, 0.717) is 21.7 Å². The van der Waals surface area contributed by atoms with Gasteiger partial charge in [-0.1, -0.05) is 29.8 Å². The lowest BCUT2D eigenvalue weighted by atomic mass is 10.2. The van der Waals surface area contributed by atoms with Crippen LogP contribution in [-0.2, 0) is 17.9 Å². The van der Waals surface area contributed by atoms with E-state index in [0.717, 1.165) is 15.7 Å². The Labute approximate surface area is 182 Å². The first kappa shape index (κ1) is 20.6. The van der Waals surface area contributed by atoms with Gasteiger partial charge in [-0.15, -0.1) is 11.3 Å². The molecule has 0 saturated carbocycles. The number of amides is 1. The van der Waals surface area contributed by atoms with Crippen LogP contribution in [0, 0.1) is 6.92 Å². The number of anilines is 1. The van der Waals surface area contributed by atoms with E-state index < -0.39 is 5.69 Å². The molecule has 4 aromatic rings. The standard InChI is InChI=1S/C23H21N3O4S/c1-15-6-8-17(9-7-15)24-20(27)14-25-19-10-11-31-21(19)22(28)26(23(25)29)13-16-4-3-5-18(12-16)30-2/h3-12H,13-14H2,1-2H3,(H,24,27). The molecular formula is C23H21N3O4S. The third-order valence-corrected chi connectivity index (χ3v) is 5.84. The van der Waals surface area contributed by atoms with Gasteiger partial charge in [0.1, 0.15) is 17.0 Å². The molecule has 0 aliphatic heterocycles. The van der Waals surface area contributed by atoms with Crippen LogP contribution in [0.25, 0.3) is 10.2 Å². The summed E-state index contributed by atoms with van der Waals surface area (Å²) in [4.78, 5) is 38.8. The number of nitrogens with zero attached hydrogens (tertiary/aromatic N) is 2. The van der Waals surface area contributed by atoms with Crippen LogP contribution in [-0.4, -0.2) is 22.2 Å². The molecule has 7 nitrogen and oxygen atoms in total. The highest BCUT2D eigenvalue weighted by atomic mass is 32.1. The number of fused-ring (bicyclic) bond motifs is 1. The number of hydrogen-bond donors (Lipinski definition) is 1. The molecule has 1 N–H and O–H groups in total. The molecule has 0 spiro atoms. The van der Waals surface area contributed by atoms with Crippen LogP contribution in [0.3, 0.4) is 0 Å². The van der Waals surface area contributed by atoms with Crippen molar-refractivity contribution >= 4 is 33.1 Å². The van der Waals surface area contributed by atoms with Crippen molar-refractivity contribution in [3.05, 3.63) is 91.9 Å². The summed E-state index contributed by atoms with van der Waals surface area (Å²) in [5.41, 5.74) is 2.05. The Morgan fingerprint density at radius 2 is 1.84 bits per heavy atom. The molecule has 2 aromatic carbocycles. The van der Waals surface area contributed by atoms with E-state index in [4.69, 9.17) is 4.74 Å². The third kappa shape index (κ3) is 4.29. The molecule has 0 bridgehead atoms. The van der Waals surface area contributed by atoms with E-state index in [1.54, 1.807) is 48.9 Å². The molecule has 2 aromatic heterocycles. The molecule has 0 saturated heterocycles. The highest BCUT2D eigenvalue weighted by Crippen LogP contribution is 2.17. The molecule has 0 fully saturated rings. The minimum absolute atomic E-state index is 0.0856. The van der Waals surface area contributed by atoms with Gasteiger partial charge in [0.2, 0.25) is 5.91 Å². The molecule has 0 atom stereocenters. The van der Waals surface area contributed by atoms with Crippen LogP contribution in [0.1, 0.15) is 11.1 Å².